The molecule has 0 fully saturated rings. The molecule has 4 rings (SSSR count). The zero-order valence-corrected chi connectivity index (χ0v) is 17.2. The Hall–Kier alpha value is -3.30. The summed E-state index contributed by atoms with van der Waals surface area (Å²) in [6.45, 7) is 4.32. The first-order chi connectivity index (χ1) is 13.9. The average molecular weight is 405 g/mol. The van der Waals surface area contributed by atoms with Crippen molar-refractivity contribution in [3.05, 3.63) is 28.7 Å². The quantitative estimate of drug-likeness (QED) is 0.520. The van der Waals surface area contributed by atoms with E-state index in [1.807, 2.05) is 13.8 Å². The number of nitrogen functional groups attached to an aromatic ring is 1. The summed E-state index contributed by atoms with van der Waals surface area (Å²) in [5.41, 5.74) is 10.1. The van der Waals surface area contributed by atoms with Gasteiger partial charge in [-0.15, -0.1) is 12.3 Å². The third kappa shape index (κ3) is 3.04. The normalized spacial score (nSPS) is 17.7. The lowest BCUT2D eigenvalue weighted by molar-refractivity contribution is 0.406. The highest BCUT2D eigenvalue weighted by molar-refractivity contribution is 8.01. The molecule has 1 unspecified atom stereocenters. The zero-order valence-electron chi connectivity index (χ0n) is 16.4. The lowest BCUT2D eigenvalue weighted by Crippen LogP contribution is -2.28. The van der Waals surface area contributed by atoms with Gasteiger partial charge in [0.15, 0.2) is 5.65 Å². The van der Waals surface area contributed by atoms with Gasteiger partial charge in [-0.25, -0.2) is 9.67 Å². The molecule has 0 saturated carbocycles. The van der Waals surface area contributed by atoms with E-state index in [-0.39, 0.29) is 5.95 Å². The molecule has 1 atom stereocenters. The van der Waals surface area contributed by atoms with Crippen LogP contribution in [-0.2, 0) is 13.0 Å². The number of methoxy groups -OCH3 is 1. The van der Waals surface area contributed by atoms with Gasteiger partial charge in [0.1, 0.15) is 15.5 Å². The first-order valence-electron chi connectivity index (χ1n) is 8.97. The number of nitriles is 1. The molecule has 1 aliphatic heterocycles. The number of aromatic nitrogens is 5. The standard InChI is InChI=1S/C20H19N7OS/c1-5-6-20(10-21)7-13-15-17(24-19(22)25-18(15)29-20)27(26-13)9-14-12(3)16(28-4)11(2)8-23-14/h1,8H,6-7,9H2,2-4H3,(H2,22,24,25). The molecular formula is C20H19N7OS. The molecule has 3 aromatic rings. The van der Waals surface area contributed by atoms with E-state index in [0.29, 0.717) is 30.1 Å². The van der Waals surface area contributed by atoms with Crippen LogP contribution < -0.4 is 10.5 Å². The molecule has 0 spiro atoms. The molecular weight excluding hydrogens is 386 g/mol. The summed E-state index contributed by atoms with van der Waals surface area (Å²) in [5, 5.41) is 16.0. The number of anilines is 1. The second-order valence-corrected chi connectivity index (χ2v) is 8.37. The minimum absolute atomic E-state index is 0.133. The van der Waals surface area contributed by atoms with Gasteiger partial charge in [0.05, 0.1) is 36.5 Å². The molecule has 1 aliphatic rings. The van der Waals surface area contributed by atoms with Crippen LogP contribution in [0.25, 0.3) is 11.0 Å². The van der Waals surface area contributed by atoms with Gasteiger partial charge in [-0.05, 0) is 13.8 Å². The zero-order chi connectivity index (χ0) is 20.8. The van der Waals surface area contributed by atoms with Crippen molar-refractivity contribution in [2.45, 2.75) is 43.0 Å². The summed E-state index contributed by atoms with van der Waals surface area (Å²) < 4.78 is 6.47. The summed E-state index contributed by atoms with van der Waals surface area (Å²) in [6, 6.07) is 2.35. The molecule has 0 radical (unpaired) electrons. The van der Waals surface area contributed by atoms with Gasteiger partial charge in [0.2, 0.25) is 5.95 Å². The summed E-state index contributed by atoms with van der Waals surface area (Å²) in [5.74, 6) is 3.54. The minimum Gasteiger partial charge on any atom is -0.496 e. The van der Waals surface area contributed by atoms with E-state index in [4.69, 9.17) is 22.0 Å². The highest BCUT2D eigenvalue weighted by Crippen LogP contribution is 2.46. The number of ether oxygens (including phenoxy) is 1. The van der Waals surface area contributed by atoms with Crippen molar-refractivity contribution >= 4 is 28.7 Å². The largest absolute Gasteiger partial charge is 0.496 e. The minimum atomic E-state index is -0.810. The van der Waals surface area contributed by atoms with Crippen molar-refractivity contribution in [3.63, 3.8) is 0 Å². The lowest BCUT2D eigenvalue weighted by atomic mass is 9.98. The molecule has 8 nitrogen and oxygen atoms in total. The fraction of sp³-hybridized carbons (Fsp3) is 0.350. The Morgan fingerprint density at radius 1 is 1.41 bits per heavy atom. The molecule has 2 N–H and O–H groups in total. The molecule has 29 heavy (non-hydrogen) atoms. The van der Waals surface area contributed by atoms with Gasteiger partial charge in [-0.2, -0.15) is 15.3 Å². The number of hydrogen-bond acceptors (Lipinski definition) is 8. The number of terminal acetylenes is 1. The number of aryl methyl sites for hydroxylation is 1. The highest BCUT2D eigenvalue weighted by Gasteiger charge is 2.39. The maximum Gasteiger partial charge on any atom is 0.223 e. The maximum absolute atomic E-state index is 9.79. The first-order valence-corrected chi connectivity index (χ1v) is 9.78. The van der Waals surface area contributed by atoms with Crippen LogP contribution in [0.3, 0.4) is 0 Å². The van der Waals surface area contributed by atoms with Crippen LogP contribution in [0.5, 0.6) is 5.75 Å². The molecule has 0 aliphatic carbocycles. The van der Waals surface area contributed by atoms with E-state index in [9.17, 15) is 5.26 Å². The Bertz CT molecular complexity index is 1220. The summed E-state index contributed by atoms with van der Waals surface area (Å²) in [4.78, 5) is 13.3. The van der Waals surface area contributed by atoms with Crippen molar-refractivity contribution in [2.24, 2.45) is 0 Å². The smallest absolute Gasteiger partial charge is 0.223 e. The number of pyridine rings is 1. The number of thioether (sulfide) groups is 1. The Balaban J connectivity index is 1.85. The first kappa shape index (κ1) is 19.0. The van der Waals surface area contributed by atoms with Crippen LogP contribution in [0.4, 0.5) is 5.95 Å². The third-order valence-electron chi connectivity index (χ3n) is 5.03. The fourth-order valence-electron chi connectivity index (χ4n) is 3.66. The summed E-state index contributed by atoms with van der Waals surface area (Å²) in [6.07, 6.45) is 8.01. The van der Waals surface area contributed by atoms with Crippen LogP contribution in [0, 0.1) is 37.5 Å². The van der Waals surface area contributed by atoms with Crippen molar-refractivity contribution in [1.29, 1.82) is 5.26 Å². The van der Waals surface area contributed by atoms with Crippen molar-refractivity contribution in [2.75, 3.05) is 12.8 Å². The number of nitrogens with zero attached hydrogens (tertiary/aromatic N) is 6. The number of rotatable bonds is 4. The van der Waals surface area contributed by atoms with E-state index in [2.05, 4.69) is 26.9 Å². The maximum atomic E-state index is 9.79. The Morgan fingerprint density at radius 3 is 2.90 bits per heavy atom. The van der Waals surface area contributed by atoms with Gasteiger partial charge in [-0.1, -0.05) is 11.8 Å². The highest BCUT2D eigenvalue weighted by atomic mass is 32.2. The van der Waals surface area contributed by atoms with Gasteiger partial charge in [0, 0.05) is 30.2 Å². The van der Waals surface area contributed by atoms with E-state index >= 15 is 0 Å². The molecule has 146 valence electrons. The van der Waals surface area contributed by atoms with Crippen molar-refractivity contribution < 1.29 is 4.74 Å². The predicted molar refractivity (Wildman–Crippen MR) is 110 cm³/mol. The van der Waals surface area contributed by atoms with E-state index in [0.717, 1.165) is 33.7 Å². The average Bonchev–Trinajstić information content (AvgIpc) is 3.02. The van der Waals surface area contributed by atoms with E-state index < -0.39 is 4.75 Å². The van der Waals surface area contributed by atoms with Gasteiger partial charge in [0.25, 0.3) is 0 Å². The molecule has 0 aromatic carbocycles. The monoisotopic (exact) mass is 405 g/mol. The lowest BCUT2D eigenvalue weighted by Gasteiger charge is -2.26. The fourth-order valence-corrected chi connectivity index (χ4v) is 4.89. The molecule has 9 heteroatoms. The van der Waals surface area contributed by atoms with Crippen molar-refractivity contribution in [1.82, 2.24) is 24.7 Å². The molecule has 4 heterocycles. The predicted octanol–water partition coefficient (Wildman–Crippen LogP) is 2.41. The third-order valence-corrected chi connectivity index (χ3v) is 6.29. The Kier molecular flexibility index (Phi) is 4.56. The van der Waals surface area contributed by atoms with Crippen LogP contribution in [-0.4, -0.2) is 36.6 Å². The summed E-state index contributed by atoms with van der Waals surface area (Å²) >= 11 is 1.34. The molecule has 0 saturated heterocycles. The second kappa shape index (κ2) is 6.94. The van der Waals surface area contributed by atoms with E-state index in [1.165, 1.54) is 11.8 Å². The van der Waals surface area contributed by atoms with Crippen molar-refractivity contribution in [3.8, 4) is 24.2 Å². The topological polar surface area (TPSA) is 116 Å². The summed E-state index contributed by atoms with van der Waals surface area (Å²) in [7, 11) is 1.65. The molecule has 0 bridgehead atoms. The van der Waals surface area contributed by atoms with Gasteiger partial charge in [-0.3, -0.25) is 4.98 Å². The van der Waals surface area contributed by atoms with Crippen LogP contribution >= 0.6 is 11.8 Å². The number of hydrogen-bond donors (Lipinski definition) is 1. The number of nitrogens with two attached hydrogens (primary N) is 1. The van der Waals surface area contributed by atoms with Crippen LogP contribution in [0.1, 0.15) is 28.9 Å². The SMILES string of the molecule is C#CCC1(C#N)Cc2nn(Cc3ncc(C)c(OC)c3C)c3nc(N)nc(c23)S1. The van der Waals surface area contributed by atoms with Gasteiger partial charge < -0.3 is 10.5 Å². The Labute approximate surface area is 172 Å². The van der Waals surface area contributed by atoms with Crippen LogP contribution in [0.15, 0.2) is 11.2 Å². The van der Waals surface area contributed by atoms with Crippen LogP contribution in [0.2, 0.25) is 0 Å². The Morgan fingerprint density at radius 2 is 2.21 bits per heavy atom. The molecule has 3 aromatic heterocycles. The van der Waals surface area contributed by atoms with Gasteiger partial charge >= 0.3 is 0 Å². The molecule has 0 amide bonds. The second-order valence-electron chi connectivity index (χ2n) is 7.00. The van der Waals surface area contributed by atoms with E-state index in [1.54, 1.807) is 18.0 Å².